The van der Waals surface area contributed by atoms with E-state index in [1.54, 1.807) is 27.7 Å². The van der Waals surface area contributed by atoms with Gasteiger partial charge in [0.25, 0.3) is 0 Å². The van der Waals surface area contributed by atoms with Crippen molar-refractivity contribution < 1.29 is 28.5 Å². The Hall–Kier alpha value is -3.08. The molecule has 0 saturated carbocycles. The number of para-hydroxylation sites is 1. The summed E-state index contributed by atoms with van der Waals surface area (Å²) in [6, 6.07) is -8.93. The van der Waals surface area contributed by atoms with Gasteiger partial charge in [-0.05, 0) is 68.1 Å². The number of fused-ring (bicyclic) bond motifs is 5. The van der Waals surface area contributed by atoms with Crippen molar-refractivity contribution in [3.63, 3.8) is 0 Å². The summed E-state index contributed by atoms with van der Waals surface area (Å²) in [4.78, 5) is 0. The molecule has 32 heavy (non-hydrogen) atoms. The van der Waals surface area contributed by atoms with Crippen LogP contribution in [0, 0.1) is 0 Å². The first-order valence-corrected chi connectivity index (χ1v) is 10.1. The smallest absolute Gasteiger partial charge is 0.399 e. The minimum atomic E-state index is -1.28. The Kier molecular flexibility index (Phi) is 2.06. The Labute approximate surface area is 208 Å². The van der Waals surface area contributed by atoms with E-state index in [9.17, 15) is 0 Å². The molecule has 4 heteroatoms. The number of benzene rings is 4. The Bertz CT molecular complexity index is 2180. The monoisotopic (exact) mass is 433 g/mol. The molecule has 0 atom stereocenters. The maximum absolute atomic E-state index is 9.06. The molecule has 2 heterocycles. The lowest BCUT2D eigenvalue weighted by molar-refractivity contribution is 0.00578. The van der Waals surface area contributed by atoms with Crippen molar-refractivity contribution in [2.24, 2.45) is 0 Å². The van der Waals surface area contributed by atoms with E-state index in [4.69, 9.17) is 28.5 Å². The van der Waals surface area contributed by atoms with Crippen molar-refractivity contribution in [2.45, 2.75) is 38.9 Å². The summed E-state index contributed by atoms with van der Waals surface area (Å²) in [5.41, 5.74) is -3.13. The summed E-state index contributed by atoms with van der Waals surface area (Å²) in [7, 11) is -1.28. The van der Waals surface area contributed by atoms with Gasteiger partial charge in [-0.2, -0.15) is 0 Å². The van der Waals surface area contributed by atoms with Gasteiger partial charge in [-0.1, -0.05) is 60.4 Å². The SMILES string of the molecule is [2H]c1c([2H])c(-n2c3c([2H])c([2H])c([2H])c([2H])c3c3c4c([2H])c([2H])c([2H])c([2H])c4c([2H])c([2H])c32)c([2H])c([2H])c1B1OC(C)(C)C(C)(C)O1. The molecule has 0 unspecified atom stereocenters. The number of aromatic nitrogens is 1. The maximum atomic E-state index is 9.06. The first kappa shape index (κ1) is 9.82. The van der Waals surface area contributed by atoms with Crippen LogP contribution in [0.2, 0.25) is 0 Å². The average molecular weight is 433 g/mol. The van der Waals surface area contributed by atoms with Crippen LogP contribution in [-0.2, 0) is 9.31 Å². The summed E-state index contributed by atoms with van der Waals surface area (Å²) in [5.74, 6) is 0. The van der Waals surface area contributed by atoms with Crippen molar-refractivity contribution in [3.8, 4) is 5.69 Å². The van der Waals surface area contributed by atoms with E-state index in [0.29, 0.717) is 0 Å². The van der Waals surface area contributed by atoms with Gasteiger partial charge in [0, 0.05) is 16.5 Å². The van der Waals surface area contributed by atoms with Gasteiger partial charge < -0.3 is 13.9 Å². The Morgan fingerprint density at radius 3 is 2.03 bits per heavy atom. The van der Waals surface area contributed by atoms with E-state index in [1.807, 2.05) is 0 Å². The van der Waals surface area contributed by atoms with Gasteiger partial charge in [-0.15, -0.1) is 0 Å². The predicted octanol–water partition coefficient (Wildman–Crippen LogP) is 6.24. The molecule has 3 nitrogen and oxygen atoms in total. The Morgan fingerprint density at radius 2 is 1.31 bits per heavy atom. The summed E-state index contributed by atoms with van der Waals surface area (Å²) >= 11 is 0. The lowest BCUT2D eigenvalue weighted by Crippen LogP contribution is -2.41. The number of nitrogens with zero attached hydrogens (tertiary/aromatic N) is 1. The van der Waals surface area contributed by atoms with Crippen LogP contribution in [0.3, 0.4) is 0 Å². The van der Waals surface area contributed by atoms with Gasteiger partial charge in [-0.3, -0.25) is 0 Å². The predicted molar refractivity (Wildman–Crippen MR) is 134 cm³/mol. The number of hydrogen-bond acceptors (Lipinski definition) is 2. The second-order valence-corrected chi connectivity index (χ2v) is 8.63. The van der Waals surface area contributed by atoms with Crippen molar-refractivity contribution in [1.29, 1.82) is 0 Å². The zero-order valence-electron chi connectivity index (χ0n) is 31.8. The fraction of sp³-hybridized carbons (Fsp3) is 0.214. The second-order valence-electron chi connectivity index (χ2n) is 8.63. The molecule has 0 amide bonds. The van der Waals surface area contributed by atoms with E-state index in [2.05, 4.69) is 0 Å². The fourth-order valence-electron chi connectivity index (χ4n) is 3.80. The van der Waals surface area contributed by atoms with Crippen LogP contribution in [-0.4, -0.2) is 22.9 Å². The van der Waals surface area contributed by atoms with Crippen molar-refractivity contribution in [3.05, 3.63) is 84.6 Å². The van der Waals surface area contributed by atoms with E-state index in [-0.39, 0.29) is 38.0 Å². The third kappa shape index (κ3) is 2.76. The van der Waals surface area contributed by atoms with Crippen molar-refractivity contribution in [2.75, 3.05) is 0 Å². The molecule has 1 aliphatic rings. The highest BCUT2D eigenvalue weighted by molar-refractivity contribution is 6.62. The summed E-state index contributed by atoms with van der Waals surface area (Å²) < 4.78 is 135. The van der Waals surface area contributed by atoms with Crippen LogP contribution < -0.4 is 5.46 Å². The molecule has 5 aromatic rings. The summed E-state index contributed by atoms with van der Waals surface area (Å²) in [5, 5.41) is -1.10. The molecule has 0 aliphatic carbocycles. The van der Waals surface area contributed by atoms with Gasteiger partial charge in [0.1, 0.15) is 0 Å². The standard InChI is InChI=1S/C28H26BNO2/c1-27(2)28(3,4)32-29(31-27)20-14-16-21(17-15-20)30-24-12-8-7-11-23(24)26-22-10-6-5-9-19(22)13-18-25(26)30/h5-18H,1-4H3/i5D,6D,7D,8D,9D,10D,11D,12D,13D,14D,15D,16D,17D,18D. The van der Waals surface area contributed by atoms with Crippen molar-refractivity contribution >= 4 is 45.2 Å². The molecule has 1 aromatic heterocycles. The normalized spacial score (nSPS) is 23.7. The average Bonchev–Trinajstić information content (AvgIpc) is 3.43. The highest BCUT2D eigenvalue weighted by Crippen LogP contribution is 2.38. The Balaban J connectivity index is 1.88. The van der Waals surface area contributed by atoms with Gasteiger partial charge in [0.2, 0.25) is 0 Å². The van der Waals surface area contributed by atoms with Gasteiger partial charge in [-0.25, -0.2) is 0 Å². The number of rotatable bonds is 2. The fourth-order valence-corrected chi connectivity index (χ4v) is 3.80. The summed E-state index contributed by atoms with van der Waals surface area (Å²) in [6.07, 6.45) is 0. The second kappa shape index (κ2) is 6.71. The van der Waals surface area contributed by atoms with Gasteiger partial charge in [0.15, 0.2) is 0 Å². The van der Waals surface area contributed by atoms with E-state index in [1.165, 1.54) is 0 Å². The molecule has 1 aliphatic heterocycles. The molecule has 0 bridgehead atoms. The van der Waals surface area contributed by atoms with E-state index in [0.717, 1.165) is 4.57 Å². The zero-order chi connectivity index (χ0) is 34.3. The third-order valence-corrected chi connectivity index (χ3v) is 6.19. The van der Waals surface area contributed by atoms with Crippen LogP contribution in [0.4, 0.5) is 0 Å². The van der Waals surface area contributed by atoms with Crippen LogP contribution >= 0.6 is 0 Å². The molecule has 4 aromatic carbocycles. The Morgan fingerprint density at radius 1 is 0.688 bits per heavy atom. The lowest BCUT2D eigenvalue weighted by Gasteiger charge is -2.32. The molecule has 6 rings (SSSR count). The highest BCUT2D eigenvalue weighted by atomic mass is 16.7. The first-order chi connectivity index (χ1) is 21.2. The lowest BCUT2D eigenvalue weighted by atomic mass is 9.79. The highest BCUT2D eigenvalue weighted by Gasteiger charge is 2.51. The quantitative estimate of drug-likeness (QED) is 0.308. The molecule has 0 spiro atoms. The maximum Gasteiger partial charge on any atom is 0.494 e. The first-order valence-electron chi connectivity index (χ1n) is 17.1. The largest absolute Gasteiger partial charge is 0.494 e. The minimum Gasteiger partial charge on any atom is -0.399 e. The molecule has 0 radical (unpaired) electrons. The molecule has 158 valence electrons. The molecular weight excluding hydrogens is 393 g/mol. The number of hydrogen-bond donors (Lipinski definition) is 0. The van der Waals surface area contributed by atoms with Crippen LogP contribution in [0.5, 0.6) is 0 Å². The van der Waals surface area contributed by atoms with Crippen molar-refractivity contribution in [1.82, 2.24) is 4.57 Å². The molecular formula is C28H26BNO2. The zero-order valence-corrected chi connectivity index (χ0v) is 17.8. The van der Waals surface area contributed by atoms with Gasteiger partial charge >= 0.3 is 7.12 Å². The van der Waals surface area contributed by atoms with E-state index < -0.39 is 109 Å². The third-order valence-electron chi connectivity index (χ3n) is 6.19. The summed E-state index contributed by atoms with van der Waals surface area (Å²) in [6.45, 7) is 7.04. The van der Waals surface area contributed by atoms with Crippen LogP contribution in [0.25, 0.3) is 38.3 Å². The van der Waals surface area contributed by atoms with Gasteiger partial charge in [0.05, 0.1) is 41.4 Å². The molecule has 1 fully saturated rings. The minimum absolute atomic E-state index is 0.202. The van der Waals surface area contributed by atoms with Crippen LogP contribution in [0.1, 0.15) is 46.9 Å². The van der Waals surface area contributed by atoms with E-state index >= 15 is 0 Å². The topological polar surface area (TPSA) is 23.4 Å². The van der Waals surface area contributed by atoms with Crippen LogP contribution in [0.15, 0.2) is 84.6 Å². The molecule has 0 N–H and O–H groups in total. The molecule has 1 saturated heterocycles.